The number of anilines is 2. The number of aromatic nitrogens is 1. The highest BCUT2D eigenvalue weighted by Crippen LogP contribution is 2.30. The number of nitrogens with zero attached hydrogens (tertiary/aromatic N) is 2. The maximum atomic E-state index is 12.8. The van der Waals surface area contributed by atoms with Gasteiger partial charge >= 0.3 is 0 Å². The fourth-order valence-electron chi connectivity index (χ4n) is 3.72. The number of amides is 1. The van der Waals surface area contributed by atoms with E-state index in [0.717, 1.165) is 25.5 Å². The fourth-order valence-corrected chi connectivity index (χ4v) is 3.72. The summed E-state index contributed by atoms with van der Waals surface area (Å²) in [5.74, 6) is 1.76. The third kappa shape index (κ3) is 4.78. The molecule has 3 aromatic rings. The molecule has 4 rings (SSSR count). The minimum absolute atomic E-state index is 0.203. The summed E-state index contributed by atoms with van der Waals surface area (Å²) in [4.78, 5) is 19.6. The van der Waals surface area contributed by atoms with Gasteiger partial charge in [0.05, 0.1) is 14.2 Å². The molecule has 1 saturated heterocycles. The zero-order chi connectivity index (χ0) is 21.6. The minimum atomic E-state index is -0.203. The molecule has 160 valence electrons. The highest BCUT2D eigenvalue weighted by atomic mass is 16.5. The number of benzene rings is 2. The van der Waals surface area contributed by atoms with Gasteiger partial charge in [0, 0.05) is 49.2 Å². The number of hydrogen-bond acceptors (Lipinski definition) is 6. The summed E-state index contributed by atoms with van der Waals surface area (Å²) >= 11 is 0. The molecule has 1 aromatic heterocycles. The summed E-state index contributed by atoms with van der Waals surface area (Å²) in [6.07, 6.45) is 1.68. The van der Waals surface area contributed by atoms with Gasteiger partial charge in [-0.2, -0.15) is 0 Å². The van der Waals surface area contributed by atoms with Crippen LogP contribution in [0.15, 0.2) is 66.9 Å². The molecule has 0 spiro atoms. The van der Waals surface area contributed by atoms with Crippen molar-refractivity contribution in [2.75, 3.05) is 44.1 Å². The van der Waals surface area contributed by atoms with Gasteiger partial charge in [-0.1, -0.05) is 30.3 Å². The van der Waals surface area contributed by atoms with Crippen molar-refractivity contribution in [3.05, 3.63) is 78.0 Å². The van der Waals surface area contributed by atoms with Crippen LogP contribution in [-0.2, 0) is 0 Å². The Hall–Kier alpha value is -3.58. The first-order chi connectivity index (χ1) is 15.2. The predicted octanol–water partition coefficient (Wildman–Crippen LogP) is 3.50. The molecule has 1 aliphatic heterocycles. The molecule has 1 atom stereocenters. The molecule has 1 fully saturated rings. The van der Waals surface area contributed by atoms with Crippen LogP contribution >= 0.6 is 0 Å². The van der Waals surface area contributed by atoms with Crippen LogP contribution in [0.5, 0.6) is 11.5 Å². The smallest absolute Gasteiger partial charge is 0.255 e. The fraction of sp³-hybridized carbons (Fsp3) is 0.250. The number of carbonyl (C=O) groups excluding carboxylic acids is 1. The molecule has 7 nitrogen and oxygen atoms in total. The van der Waals surface area contributed by atoms with Gasteiger partial charge in [-0.05, 0) is 29.8 Å². The van der Waals surface area contributed by atoms with Gasteiger partial charge in [0.2, 0.25) is 0 Å². The van der Waals surface area contributed by atoms with Crippen molar-refractivity contribution in [1.82, 2.24) is 10.3 Å². The maximum Gasteiger partial charge on any atom is 0.255 e. The number of hydrogen-bond donors (Lipinski definition) is 2. The molecular weight excluding hydrogens is 392 g/mol. The molecule has 31 heavy (non-hydrogen) atoms. The number of rotatable bonds is 6. The Labute approximate surface area is 182 Å². The van der Waals surface area contributed by atoms with E-state index in [-0.39, 0.29) is 11.9 Å². The molecule has 1 aliphatic rings. The zero-order valence-electron chi connectivity index (χ0n) is 17.7. The van der Waals surface area contributed by atoms with E-state index in [0.29, 0.717) is 22.7 Å². The van der Waals surface area contributed by atoms with Crippen LogP contribution in [0.1, 0.15) is 22.0 Å². The lowest BCUT2D eigenvalue weighted by molar-refractivity contribution is 0.102. The molecule has 0 saturated carbocycles. The van der Waals surface area contributed by atoms with Gasteiger partial charge in [-0.25, -0.2) is 4.98 Å². The molecule has 0 bridgehead atoms. The number of nitrogens with one attached hydrogen (secondary N) is 2. The lowest BCUT2D eigenvalue weighted by Crippen LogP contribution is -2.46. The summed E-state index contributed by atoms with van der Waals surface area (Å²) in [5, 5.41) is 6.47. The SMILES string of the molecule is COc1ccc(NC(=O)c2ccnc(N3CCN[C@H](c4ccccc4)C3)c2)cc1OC. The van der Waals surface area contributed by atoms with Gasteiger partial charge in [0.15, 0.2) is 11.5 Å². The van der Waals surface area contributed by atoms with Crippen molar-refractivity contribution in [3.63, 3.8) is 0 Å². The Balaban J connectivity index is 1.48. The van der Waals surface area contributed by atoms with Crippen molar-refractivity contribution in [3.8, 4) is 11.5 Å². The second kappa shape index (κ2) is 9.49. The van der Waals surface area contributed by atoms with Crippen LogP contribution in [0.3, 0.4) is 0 Å². The summed E-state index contributed by atoms with van der Waals surface area (Å²) in [6.45, 7) is 2.47. The van der Waals surface area contributed by atoms with E-state index < -0.39 is 0 Å². The quantitative estimate of drug-likeness (QED) is 0.638. The van der Waals surface area contributed by atoms with Crippen LogP contribution < -0.4 is 25.0 Å². The predicted molar refractivity (Wildman–Crippen MR) is 121 cm³/mol. The second-order valence-electron chi connectivity index (χ2n) is 7.29. The number of methoxy groups -OCH3 is 2. The number of piperazine rings is 1. The van der Waals surface area contributed by atoms with Gasteiger partial charge < -0.3 is 25.0 Å². The molecule has 2 N–H and O–H groups in total. The highest BCUT2D eigenvalue weighted by Gasteiger charge is 2.22. The molecule has 0 aliphatic carbocycles. The first-order valence-electron chi connectivity index (χ1n) is 10.2. The van der Waals surface area contributed by atoms with Crippen molar-refractivity contribution >= 4 is 17.4 Å². The number of pyridine rings is 1. The maximum absolute atomic E-state index is 12.8. The third-order valence-corrected chi connectivity index (χ3v) is 5.35. The summed E-state index contributed by atoms with van der Waals surface area (Å²) in [7, 11) is 3.14. The van der Waals surface area contributed by atoms with Crippen LogP contribution in [0.25, 0.3) is 0 Å². The molecule has 0 unspecified atom stereocenters. The molecular formula is C24H26N4O3. The van der Waals surface area contributed by atoms with Gasteiger partial charge in [-0.3, -0.25) is 4.79 Å². The van der Waals surface area contributed by atoms with Crippen molar-refractivity contribution in [2.24, 2.45) is 0 Å². The summed E-state index contributed by atoms with van der Waals surface area (Å²) in [5.41, 5.74) is 2.43. The molecule has 2 aromatic carbocycles. The normalized spacial score (nSPS) is 15.9. The van der Waals surface area contributed by atoms with E-state index >= 15 is 0 Å². The van der Waals surface area contributed by atoms with Crippen LogP contribution in [-0.4, -0.2) is 44.7 Å². The monoisotopic (exact) mass is 418 g/mol. The molecule has 0 radical (unpaired) electrons. The lowest BCUT2D eigenvalue weighted by Gasteiger charge is -2.34. The minimum Gasteiger partial charge on any atom is -0.493 e. The van der Waals surface area contributed by atoms with Gasteiger partial charge in [0.1, 0.15) is 5.82 Å². The Kier molecular flexibility index (Phi) is 6.33. The number of ether oxygens (including phenoxy) is 2. The Morgan fingerprint density at radius 1 is 1.06 bits per heavy atom. The van der Waals surface area contributed by atoms with Crippen LogP contribution in [0.4, 0.5) is 11.5 Å². The summed E-state index contributed by atoms with van der Waals surface area (Å²) < 4.78 is 10.6. The first kappa shape index (κ1) is 20.7. The molecule has 1 amide bonds. The average Bonchev–Trinajstić information content (AvgIpc) is 2.84. The molecule has 7 heteroatoms. The van der Waals surface area contributed by atoms with Crippen LogP contribution in [0, 0.1) is 0 Å². The lowest BCUT2D eigenvalue weighted by atomic mass is 10.0. The Bertz CT molecular complexity index is 1040. The van der Waals surface area contributed by atoms with Gasteiger partial charge in [0.25, 0.3) is 5.91 Å². The zero-order valence-corrected chi connectivity index (χ0v) is 17.7. The van der Waals surface area contributed by atoms with E-state index in [9.17, 15) is 4.79 Å². The van der Waals surface area contributed by atoms with Crippen molar-refractivity contribution in [1.29, 1.82) is 0 Å². The van der Waals surface area contributed by atoms with Gasteiger partial charge in [-0.15, -0.1) is 0 Å². The standard InChI is InChI=1S/C24H26N4O3/c1-30-21-9-8-19(15-22(21)31-2)27-24(29)18-10-11-26-23(14-18)28-13-12-25-20(16-28)17-6-4-3-5-7-17/h3-11,14-15,20,25H,12-13,16H2,1-2H3,(H,27,29)/t20-/m0/s1. The largest absolute Gasteiger partial charge is 0.493 e. The Morgan fingerprint density at radius 3 is 2.65 bits per heavy atom. The number of carbonyl (C=O) groups is 1. The Morgan fingerprint density at radius 2 is 1.87 bits per heavy atom. The highest BCUT2D eigenvalue weighted by molar-refractivity contribution is 6.04. The van der Waals surface area contributed by atoms with Crippen molar-refractivity contribution in [2.45, 2.75) is 6.04 Å². The van der Waals surface area contributed by atoms with E-state index in [1.807, 2.05) is 24.3 Å². The summed E-state index contributed by atoms with van der Waals surface area (Å²) in [6, 6.07) is 19.4. The first-order valence-corrected chi connectivity index (χ1v) is 10.2. The van der Waals surface area contributed by atoms with Crippen LogP contribution in [0.2, 0.25) is 0 Å². The van der Waals surface area contributed by atoms with E-state index in [1.165, 1.54) is 5.56 Å². The third-order valence-electron chi connectivity index (χ3n) is 5.35. The average molecular weight is 418 g/mol. The van der Waals surface area contributed by atoms with Crippen molar-refractivity contribution < 1.29 is 14.3 Å². The van der Waals surface area contributed by atoms with E-state index in [4.69, 9.17) is 9.47 Å². The molecule has 2 heterocycles. The topological polar surface area (TPSA) is 75.7 Å². The van der Waals surface area contributed by atoms with E-state index in [2.05, 4.69) is 32.7 Å². The second-order valence-corrected chi connectivity index (χ2v) is 7.29. The van der Waals surface area contributed by atoms with E-state index in [1.54, 1.807) is 44.7 Å².